The molecule has 1 aromatic heterocycles. The van der Waals surface area contributed by atoms with Gasteiger partial charge in [0, 0.05) is 12.6 Å². The summed E-state index contributed by atoms with van der Waals surface area (Å²) in [5.74, 6) is -0.878. The fourth-order valence-electron chi connectivity index (χ4n) is 2.82. The lowest BCUT2D eigenvalue weighted by atomic mass is 10.0. The average Bonchev–Trinajstić information content (AvgIpc) is 3.09. The van der Waals surface area contributed by atoms with Crippen molar-refractivity contribution in [1.82, 2.24) is 10.1 Å². The molecule has 26 heavy (non-hydrogen) atoms. The van der Waals surface area contributed by atoms with E-state index in [0.29, 0.717) is 34.5 Å². The average molecular weight is 399 g/mol. The molecule has 1 N–H and O–H groups in total. The van der Waals surface area contributed by atoms with Crippen LogP contribution in [0.25, 0.3) is 0 Å². The molecular formula is C17H16Cl2N2O5. The van der Waals surface area contributed by atoms with Crippen LogP contribution in [0.2, 0.25) is 10.0 Å². The summed E-state index contributed by atoms with van der Waals surface area (Å²) in [5, 5.41) is 13.7. The number of carbonyl (C=O) groups is 2. The number of para-hydroxylation sites is 1. The van der Waals surface area contributed by atoms with E-state index in [9.17, 15) is 14.7 Å². The lowest BCUT2D eigenvalue weighted by molar-refractivity contribution is -0.143. The monoisotopic (exact) mass is 398 g/mol. The lowest BCUT2D eigenvalue weighted by Crippen LogP contribution is -2.48. The fraction of sp³-hybridized carbons (Fsp3) is 0.353. The number of carboxylic acids is 1. The molecule has 1 atom stereocenters. The first-order valence-electron chi connectivity index (χ1n) is 8.03. The molecule has 1 fully saturated rings. The van der Waals surface area contributed by atoms with Crippen LogP contribution in [0.5, 0.6) is 5.75 Å². The van der Waals surface area contributed by atoms with Crippen molar-refractivity contribution < 1.29 is 24.0 Å². The van der Waals surface area contributed by atoms with E-state index in [-0.39, 0.29) is 12.3 Å². The number of hydrogen-bond donors (Lipinski definition) is 1. The third-order valence-electron chi connectivity index (χ3n) is 4.10. The zero-order chi connectivity index (χ0) is 18.7. The quantitative estimate of drug-likeness (QED) is 0.825. The Balaban J connectivity index is 1.69. The molecule has 7 nitrogen and oxygen atoms in total. The highest BCUT2D eigenvalue weighted by atomic mass is 35.5. The van der Waals surface area contributed by atoms with Crippen molar-refractivity contribution >= 4 is 35.1 Å². The van der Waals surface area contributed by atoms with Gasteiger partial charge < -0.3 is 19.3 Å². The van der Waals surface area contributed by atoms with Gasteiger partial charge in [0.2, 0.25) is 0 Å². The third kappa shape index (κ3) is 3.94. The van der Waals surface area contributed by atoms with Crippen molar-refractivity contribution in [1.29, 1.82) is 0 Å². The molecule has 3 rings (SSSR count). The molecule has 0 aliphatic carbocycles. The molecule has 0 bridgehead atoms. The first kappa shape index (κ1) is 18.5. The molecule has 1 aliphatic heterocycles. The Morgan fingerprint density at radius 1 is 1.31 bits per heavy atom. The van der Waals surface area contributed by atoms with E-state index in [2.05, 4.69) is 5.16 Å². The Morgan fingerprint density at radius 2 is 2.04 bits per heavy atom. The van der Waals surface area contributed by atoms with Crippen LogP contribution in [0, 0.1) is 0 Å². The number of hydrogen-bond acceptors (Lipinski definition) is 5. The Kier molecular flexibility index (Phi) is 5.68. The Bertz CT molecular complexity index is 803. The van der Waals surface area contributed by atoms with E-state index in [4.69, 9.17) is 32.5 Å². The van der Waals surface area contributed by atoms with Crippen LogP contribution in [0.4, 0.5) is 0 Å². The highest BCUT2D eigenvalue weighted by Gasteiger charge is 2.33. The molecule has 1 amide bonds. The van der Waals surface area contributed by atoms with Crippen molar-refractivity contribution in [2.24, 2.45) is 0 Å². The van der Waals surface area contributed by atoms with Crippen LogP contribution in [0.3, 0.4) is 0 Å². The van der Waals surface area contributed by atoms with Gasteiger partial charge in [0.15, 0.2) is 17.2 Å². The summed E-state index contributed by atoms with van der Waals surface area (Å²) < 4.78 is 10.7. The van der Waals surface area contributed by atoms with E-state index in [1.54, 1.807) is 18.2 Å². The summed E-state index contributed by atoms with van der Waals surface area (Å²) in [4.78, 5) is 25.2. The number of aromatic nitrogens is 1. The van der Waals surface area contributed by atoms with Crippen LogP contribution in [0.1, 0.15) is 35.5 Å². The predicted octanol–water partition coefficient (Wildman–Crippen LogP) is 3.64. The Hall–Kier alpha value is -2.25. The van der Waals surface area contributed by atoms with Gasteiger partial charge in [-0.25, -0.2) is 4.79 Å². The maximum atomic E-state index is 12.6. The van der Waals surface area contributed by atoms with Gasteiger partial charge in [-0.15, -0.1) is 0 Å². The van der Waals surface area contributed by atoms with Gasteiger partial charge in [-0.05, 0) is 31.4 Å². The maximum absolute atomic E-state index is 12.6. The molecule has 0 saturated carbocycles. The topological polar surface area (TPSA) is 92.9 Å². The molecule has 138 valence electrons. The van der Waals surface area contributed by atoms with Crippen molar-refractivity contribution in [3.63, 3.8) is 0 Å². The minimum Gasteiger partial charge on any atom is -0.482 e. The molecule has 1 saturated heterocycles. The normalized spacial score (nSPS) is 17.2. The largest absolute Gasteiger partial charge is 0.482 e. The second-order valence-electron chi connectivity index (χ2n) is 5.87. The van der Waals surface area contributed by atoms with Crippen molar-refractivity contribution in [2.45, 2.75) is 31.9 Å². The first-order valence-corrected chi connectivity index (χ1v) is 8.79. The number of amides is 1. The molecule has 1 aliphatic rings. The fourth-order valence-corrected chi connectivity index (χ4v) is 3.33. The highest BCUT2D eigenvalue weighted by Crippen LogP contribution is 2.33. The minimum atomic E-state index is -1.02. The Labute approximate surface area is 159 Å². The number of piperidine rings is 1. The van der Waals surface area contributed by atoms with E-state index in [1.807, 2.05) is 0 Å². The van der Waals surface area contributed by atoms with Gasteiger partial charge in [0.1, 0.15) is 12.6 Å². The number of carboxylic acid groups (broad SMARTS) is 1. The summed E-state index contributed by atoms with van der Waals surface area (Å²) in [6.07, 6.45) is 1.96. The molecule has 9 heteroatoms. The van der Waals surface area contributed by atoms with Gasteiger partial charge in [0.05, 0.1) is 10.0 Å². The number of rotatable bonds is 5. The molecule has 0 radical (unpaired) electrons. The smallest absolute Gasteiger partial charge is 0.326 e. The highest BCUT2D eigenvalue weighted by molar-refractivity contribution is 6.37. The number of benzene rings is 1. The second kappa shape index (κ2) is 7.97. The van der Waals surface area contributed by atoms with E-state index < -0.39 is 17.9 Å². The van der Waals surface area contributed by atoms with Crippen LogP contribution in [-0.2, 0) is 11.4 Å². The van der Waals surface area contributed by atoms with Gasteiger partial charge in [-0.1, -0.05) is 34.4 Å². The number of aliphatic carboxylic acids is 1. The second-order valence-corrected chi connectivity index (χ2v) is 6.68. The SMILES string of the molecule is O=C(O)C1CCCCN1C(=O)c1cc(COc2c(Cl)cccc2Cl)on1. The Morgan fingerprint density at radius 3 is 2.73 bits per heavy atom. The first-order chi connectivity index (χ1) is 12.5. The standard InChI is InChI=1S/C17H16Cl2N2O5/c18-11-4-3-5-12(19)15(11)25-9-10-8-13(20-26-10)16(22)21-7-2-1-6-14(21)17(23)24/h3-5,8,14H,1-2,6-7,9H2,(H,23,24). The number of ether oxygens (including phenoxy) is 1. The van der Waals surface area contributed by atoms with E-state index in [0.717, 1.165) is 12.8 Å². The molecule has 1 aromatic carbocycles. The predicted molar refractivity (Wildman–Crippen MR) is 93.6 cm³/mol. The van der Waals surface area contributed by atoms with Crippen molar-refractivity contribution in [3.8, 4) is 5.75 Å². The maximum Gasteiger partial charge on any atom is 0.326 e. The number of likely N-dealkylation sites (tertiary alicyclic amines) is 1. The minimum absolute atomic E-state index is 0.0217. The zero-order valence-corrected chi connectivity index (χ0v) is 15.2. The molecule has 1 unspecified atom stereocenters. The number of halogens is 2. The summed E-state index contributed by atoms with van der Waals surface area (Å²) >= 11 is 12.1. The molecule has 2 heterocycles. The summed E-state index contributed by atoms with van der Waals surface area (Å²) in [7, 11) is 0. The van der Waals surface area contributed by atoms with E-state index in [1.165, 1.54) is 11.0 Å². The van der Waals surface area contributed by atoms with Crippen molar-refractivity contribution in [2.75, 3.05) is 6.54 Å². The third-order valence-corrected chi connectivity index (χ3v) is 4.70. The van der Waals surface area contributed by atoms with Gasteiger partial charge in [0.25, 0.3) is 5.91 Å². The van der Waals surface area contributed by atoms with Gasteiger partial charge in [-0.2, -0.15) is 0 Å². The lowest BCUT2D eigenvalue weighted by Gasteiger charge is -2.32. The van der Waals surface area contributed by atoms with Crippen molar-refractivity contribution in [3.05, 3.63) is 45.8 Å². The molecule has 0 spiro atoms. The number of carbonyl (C=O) groups excluding carboxylic acids is 1. The van der Waals surface area contributed by atoms with Crippen LogP contribution < -0.4 is 4.74 Å². The summed E-state index contributed by atoms with van der Waals surface area (Å²) in [6, 6.07) is 5.57. The van der Waals surface area contributed by atoms with Gasteiger partial charge in [-0.3, -0.25) is 4.79 Å². The van der Waals surface area contributed by atoms with Crippen LogP contribution in [0.15, 0.2) is 28.8 Å². The van der Waals surface area contributed by atoms with Gasteiger partial charge >= 0.3 is 5.97 Å². The summed E-state index contributed by atoms with van der Waals surface area (Å²) in [6.45, 7) is 0.357. The van der Waals surface area contributed by atoms with Crippen LogP contribution >= 0.6 is 23.2 Å². The van der Waals surface area contributed by atoms with E-state index >= 15 is 0 Å². The van der Waals surface area contributed by atoms with Crippen LogP contribution in [-0.4, -0.2) is 39.6 Å². The number of nitrogens with zero attached hydrogens (tertiary/aromatic N) is 2. The zero-order valence-electron chi connectivity index (χ0n) is 13.7. The molecule has 2 aromatic rings. The summed E-state index contributed by atoms with van der Waals surface area (Å²) in [5.41, 5.74) is 0.0435. The molecular weight excluding hydrogens is 383 g/mol.